The first-order valence-corrected chi connectivity index (χ1v) is 8.99. The van der Waals surface area contributed by atoms with Gasteiger partial charge in [0.15, 0.2) is 5.96 Å². The molecule has 6 heteroatoms. The van der Waals surface area contributed by atoms with E-state index in [1.165, 1.54) is 11.1 Å². The number of nitrogens with zero attached hydrogens (tertiary/aromatic N) is 1. The van der Waals surface area contributed by atoms with Gasteiger partial charge in [0.1, 0.15) is 5.75 Å². The zero-order chi connectivity index (χ0) is 18.6. The Morgan fingerprint density at radius 2 is 1.52 bits per heavy atom. The van der Waals surface area contributed by atoms with Crippen molar-refractivity contribution < 1.29 is 9.47 Å². The molecule has 0 fully saturated rings. The smallest absolute Gasteiger partial charge is 0.191 e. The molecule has 2 N–H and O–H groups in total. The Morgan fingerprint density at radius 1 is 0.926 bits per heavy atom. The Bertz CT molecular complexity index is 707. The fourth-order valence-corrected chi connectivity index (χ4v) is 2.62. The van der Waals surface area contributed by atoms with Crippen LogP contribution in [0.15, 0.2) is 53.5 Å². The van der Waals surface area contributed by atoms with E-state index in [4.69, 9.17) is 9.47 Å². The zero-order valence-corrected chi connectivity index (χ0v) is 18.7. The van der Waals surface area contributed by atoms with Crippen LogP contribution < -0.4 is 15.4 Å². The maximum absolute atomic E-state index is 5.69. The highest BCUT2D eigenvalue weighted by Gasteiger charge is 2.06. The van der Waals surface area contributed by atoms with Gasteiger partial charge in [0, 0.05) is 32.3 Å². The summed E-state index contributed by atoms with van der Waals surface area (Å²) in [5.41, 5.74) is 3.50. The number of rotatable bonds is 9. The number of aliphatic imine (C=N–C) groups is 1. The summed E-state index contributed by atoms with van der Waals surface area (Å²) in [6.45, 7) is 4.87. The highest BCUT2D eigenvalue weighted by atomic mass is 127. The van der Waals surface area contributed by atoms with Crippen LogP contribution in [-0.4, -0.2) is 26.7 Å². The first-order valence-electron chi connectivity index (χ1n) is 8.99. The molecule has 0 radical (unpaired) electrons. The van der Waals surface area contributed by atoms with Crippen LogP contribution in [0.5, 0.6) is 5.75 Å². The van der Waals surface area contributed by atoms with E-state index in [0.717, 1.165) is 30.3 Å². The zero-order valence-electron chi connectivity index (χ0n) is 16.3. The Morgan fingerprint density at radius 3 is 2.15 bits per heavy atom. The molecule has 0 atom stereocenters. The average Bonchev–Trinajstić information content (AvgIpc) is 2.69. The van der Waals surface area contributed by atoms with E-state index in [0.29, 0.717) is 19.7 Å². The molecule has 2 rings (SSSR count). The summed E-state index contributed by atoms with van der Waals surface area (Å²) in [5, 5.41) is 6.70. The largest absolute Gasteiger partial charge is 0.496 e. The van der Waals surface area contributed by atoms with Crippen molar-refractivity contribution >= 4 is 29.9 Å². The quantitative estimate of drug-likeness (QED) is 0.244. The monoisotopic (exact) mass is 483 g/mol. The number of hydrogen-bond acceptors (Lipinski definition) is 3. The molecule has 0 aliphatic rings. The molecule has 0 heterocycles. The number of para-hydroxylation sites is 1. The first-order chi connectivity index (χ1) is 12.8. The van der Waals surface area contributed by atoms with Gasteiger partial charge in [0.05, 0.1) is 13.7 Å². The van der Waals surface area contributed by atoms with Crippen LogP contribution in [0.2, 0.25) is 0 Å². The Balaban J connectivity index is 0.00000364. The Kier molecular flexibility index (Phi) is 11.5. The SMILES string of the molecule is CCCOCc1ccccc1CNC(=NC)NCc1ccccc1OC.I. The topological polar surface area (TPSA) is 54.9 Å². The minimum Gasteiger partial charge on any atom is -0.496 e. The van der Waals surface area contributed by atoms with Crippen molar-refractivity contribution in [3.63, 3.8) is 0 Å². The van der Waals surface area contributed by atoms with Gasteiger partial charge in [-0.2, -0.15) is 0 Å². The number of guanidine groups is 1. The molecule has 0 spiro atoms. The maximum Gasteiger partial charge on any atom is 0.191 e. The van der Waals surface area contributed by atoms with E-state index >= 15 is 0 Å². The molecule has 148 valence electrons. The van der Waals surface area contributed by atoms with Crippen molar-refractivity contribution in [1.29, 1.82) is 0 Å². The van der Waals surface area contributed by atoms with E-state index in [9.17, 15) is 0 Å². The number of hydrogen-bond donors (Lipinski definition) is 2. The van der Waals surface area contributed by atoms with E-state index in [2.05, 4.69) is 34.7 Å². The summed E-state index contributed by atoms with van der Waals surface area (Å²) >= 11 is 0. The van der Waals surface area contributed by atoms with E-state index < -0.39 is 0 Å². The van der Waals surface area contributed by atoms with E-state index in [-0.39, 0.29) is 24.0 Å². The number of ether oxygens (including phenoxy) is 2. The van der Waals surface area contributed by atoms with Crippen molar-refractivity contribution in [3.8, 4) is 5.75 Å². The third kappa shape index (κ3) is 7.76. The lowest BCUT2D eigenvalue weighted by Crippen LogP contribution is -2.36. The molecule has 0 aliphatic carbocycles. The molecule has 0 aliphatic heterocycles. The minimum atomic E-state index is 0. The van der Waals surface area contributed by atoms with Crippen LogP contribution in [0.25, 0.3) is 0 Å². The Hall–Kier alpha value is -1.80. The number of nitrogens with one attached hydrogen (secondary N) is 2. The summed E-state index contributed by atoms with van der Waals surface area (Å²) < 4.78 is 11.1. The van der Waals surface area contributed by atoms with Crippen LogP contribution in [0.1, 0.15) is 30.0 Å². The summed E-state index contributed by atoms with van der Waals surface area (Å²) in [4.78, 5) is 4.30. The van der Waals surface area contributed by atoms with Crippen LogP contribution in [0.4, 0.5) is 0 Å². The van der Waals surface area contributed by atoms with Gasteiger partial charge in [-0.05, 0) is 23.6 Å². The van der Waals surface area contributed by atoms with E-state index in [1.54, 1.807) is 14.2 Å². The maximum atomic E-state index is 5.69. The highest BCUT2D eigenvalue weighted by molar-refractivity contribution is 14.0. The number of halogens is 1. The van der Waals surface area contributed by atoms with Crippen molar-refractivity contribution in [2.24, 2.45) is 4.99 Å². The molecule has 0 unspecified atom stereocenters. The minimum absolute atomic E-state index is 0. The molecule has 0 saturated heterocycles. The Labute approximate surface area is 179 Å². The molecular formula is C21H30IN3O2. The summed E-state index contributed by atoms with van der Waals surface area (Å²) in [5.74, 6) is 1.62. The average molecular weight is 483 g/mol. The molecule has 0 amide bonds. The second kappa shape index (κ2) is 13.4. The van der Waals surface area contributed by atoms with Gasteiger partial charge in [-0.3, -0.25) is 4.99 Å². The van der Waals surface area contributed by atoms with Crippen molar-refractivity contribution in [2.75, 3.05) is 20.8 Å². The molecule has 2 aromatic rings. The number of methoxy groups -OCH3 is 1. The molecule has 0 aromatic heterocycles. The standard InChI is InChI=1S/C21H29N3O2.HI/c1-4-13-26-16-19-11-6-5-9-17(19)14-23-21(22-2)24-15-18-10-7-8-12-20(18)25-3;/h5-12H,4,13-16H2,1-3H3,(H2,22,23,24);1H. The molecule has 5 nitrogen and oxygen atoms in total. The first kappa shape index (κ1) is 23.2. The molecule has 27 heavy (non-hydrogen) atoms. The normalized spacial score (nSPS) is 10.9. The van der Waals surface area contributed by atoms with Gasteiger partial charge in [-0.1, -0.05) is 49.4 Å². The molecule has 0 saturated carbocycles. The van der Waals surface area contributed by atoms with Crippen molar-refractivity contribution in [2.45, 2.75) is 33.0 Å². The lowest BCUT2D eigenvalue weighted by Gasteiger charge is -2.15. The van der Waals surface area contributed by atoms with Gasteiger partial charge in [0.2, 0.25) is 0 Å². The predicted octanol–water partition coefficient (Wildman–Crippen LogP) is 4.11. The fourth-order valence-electron chi connectivity index (χ4n) is 2.62. The van der Waals surface area contributed by atoms with Crippen LogP contribution in [0, 0.1) is 0 Å². The van der Waals surface area contributed by atoms with E-state index in [1.807, 2.05) is 36.4 Å². The lowest BCUT2D eigenvalue weighted by molar-refractivity contribution is 0.121. The second-order valence-electron chi connectivity index (χ2n) is 5.91. The molecular weight excluding hydrogens is 453 g/mol. The van der Waals surface area contributed by atoms with Crippen LogP contribution >= 0.6 is 24.0 Å². The summed E-state index contributed by atoms with van der Waals surface area (Å²) in [7, 11) is 3.46. The molecule has 0 bridgehead atoms. The fraction of sp³-hybridized carbons (Fsp3) is 0.381. The van der Waals surface area contributed by atoms with Gasteiger partial charge in [-0.25, -0.2) is 0 Å². The predicted molar refractivity (Wildman–Crippen MR) is 122 cm³/mol. The van der Waals surface area contributed by atoms with Crippen LogP contribution in [0.3, 0.4) is 0 Å². The van der Waals surface area contributed by atoms with Crippen molar-refractivity contribution in [1.82, 2.24) is 10.6 Å². The van der Waals surface area contributed by atoms with Gasteiger partial charge in [-0.15, -0.1) is 24.0 Å². The third-order valence-electron chi connectivity index (χ3n) is 4.03. The van der Waals surface area contributed by atoms with Gasteiger partial charge in [0.25, 0.3) is 0 Å². The van der Waals surface area contributed by atoms with Gasteiger partial charge < -0.3 is 20.1 Å². The molecule has 2 aromatic carbocycles. The second-order valence-corrected chi connectivity index (χ2v) is 5.91. The van der Waals surface area contributed by atoms with Gasteiger partial charge >= 0.3 is 0 Å². The highest BCUT2D eigenvalue weighted by Crippen LogP contribution is 2.16. The lowest BCUT2D eigenvalue weighted by atomic mass is 10.1. The van der Waals surface area contributed by atoms with Crippen molar-refractivity contribution in [3.05, 3.63) is 65.2 Å². The summed E-state index contributed by atoms with van der Waals surface area (Å²) in [6.07, 6.45) is 1.03. The third-order valence-corrected chi connectivity index (χ3v) is 4.03. The van der Waals surface area contributed by atoms with Crippen LogP contribution in [-0.2, 0) is 24.4 Å². The summed E-state index contributed by atoms with van der Waals surface area (Å²) in [6, 6.07) is 16.3. The number of benzene rings is 2.